The standard InChI is InChI=1S/C21H25N3O5/c1-12(11-28-3)22-21(27)19-13(2)18-16(5-4-6-17(18)29-19)23-24-20(26)14-7-9-15(25)10-8-14/h7-10,12,25H,4-6,11H2,1-3H3,(H,22,27)(H,24,26)/b23-16+. The molecule has 1 aromatic heterocycles. The highest BCUT2D eigenvalue weighted by Gasteiger charge is 2.28. The van der Waals surface area contributed by atoms with Gasteiger partial charge in [-0.3, -0.25) is 9.59 Å². The van der Waals surface area contributed by atoms with Crippen LogP contribution in [-0.2, 0) is 11.2 Å². The fourth-order valence-corrected chi connectivity index (χ4v) is 3.37. The van der Waals surface area contributed by atoms with E-state index >= 15 is 0 Å². The summed E-state index contributed by atoms with van der Waals surface area (Å²) in [5, 5.41) is 16.5. The quantitative estimate of drug-likeness (QED) is 0.646. The Labute approximate surface area is 168 Å². The van der Waals surface area contributed by atoms with Gasteiger partial charge in [-0.2, -0.15) is 5.10 Å². The predicted octanol–water partition coefficient (Wildman–Crippen LogP) is 2.53. The van der Waals surface area contributed by atoms with Crippen LogP contribution in [0.3, 0.4) is 0 Å². The van der Waals surface area contributed by atoms with E-state index in [2.05, 4.69) is 15.8 Å². The van der Waals surface area contributed by atoms with E-state index in [9.17, 15) is 14.7 Å². The van der Waals surface area contributed by atoms with Gasteiger partial charge in [0.15, 0.2) is 5.76 Å². The van der Waals surface area contributed by atoms with Crippen LogP contribution < -0.4 is 10.7 Å². The van der Waals surface area contributed by atoms with Crippen LogP contribution in [0.4, 0.5) is 0 Å². The van der Waals surface area contributed by atoms with Crippen molar-refractivity contribution in [3.05, 3.63) is 52.5 Å². The van der Waals surface area contributed by atoms with Crippen LogP contribution in [0.2, 0.25) is 0 Å². The number of ether oxygens (including phenoxy) is 1. The summed E-state index contributed by atoms with van der Waals surface area (Å²) in [6.45, 7) is 4.08. The largest absolute Gasteiger partial charge is 0.508 e. The molecule has 1 atom stereocenters. The topological polar surface area (TPSA) is 113 Å². The molecule has 3 rings (SSSR count). The molecule has 0 saturated carbocycles. The van der Waals surface area contributed by atoms with Crippen LogP contribution in [-0.4, -0.2) is 42.4 Å². The Morgan fingerprint density at radius 1 is 1.24 bits per heavy atom. The van der Waals surface area contributed by atoms with Gasteiger partial charge >= 0.3 is 0 Å². The van der Waals surface area contributed by atoms with Crippen molar-refractivity contribution in [3.63, 3.8) is 0 Å². The van der Waals surface area contributed by atoms with Crippen molar-refractivity contribution in [1.29, 1.82) is 0 Å². The summed E-state index contributed by atoms with van der Waals surface area (Å²) in [5.41, 5.74) is 5.12. The van der Waals surface area contributed by atoms with Gasteiger partial charge in [0.1, 0.15) is 11.5 Å². The first-order valence-electron chi connectivity index (χ1n) is 9.49. The third kappa shape index (κ3) is 4.65. The Hall–Kier alpha value is -3.13. The number of furan rings is 1. The molecule has 0 fully saturated rings. The number of carbonyl (C=O) groups is 2. The zero-order chi connectivity index (χ0) is 21.0. The average molecular weight is 399 g/mol. The summed E-state index contributed by atoms with van der Waals surface area (Å²) in [7, 11) is 1.58. The van der Waals surface area contributed by atoms with Gasteiger partial charge in [0, 0.05) is 36.3 Å². The summed E-state index contributed by atoms with van der Waals surface area (Å²) in [6.07, 6.45) is 2.20. The van der Waals surface area contributed by atoms with Crippen molar-refractivity contribution in [1.82, 2.24) is 10.7 Å². The van der Waals surface area contributed by atoms with Crippen molar-refractivity contribution >= 4 is 17.5 Å². The van der Waals surface area contributed by atoms with Gasteiger partial charge in [0.05, 0.1) is 12.3 Å². The van der Waals surface area contributed by atoms with E-state index in [1.807, 2.05) is 13.8 Å². The van der Waals surface area contributed by atoms with Gasteiger partial charge in [-0.15, -0.1) is 0 Å². The molecule has 3 N–H and O–H groups in total. The lowest BCUT2D eigenvalue weighted by molar-refractivity contribution is 0.0874. The molecular formula is C21H25N3O5. The minimum atomic E-state index is -0.378. The third-order valence-corrected chi connectivity index (χ3v) is 4.75. The molecule has 1 aliphatic carbocycles. The molecule has 8 nitrogen and oxygen atoms in total. The SMILES string of the molecule is COCC(C)NC(=O)c1oc2c(c1C)/C(=N/NC(=O)c1ccc(O)cc1)CCC2. The van der Waals surface area contributed by atoms with Crippen LogP contribution in [0.15, 0.2) is 33.8 Å². The van der Waals surface area contributed by atoms with E-state index in [1.54, 1.807) is 7.11 Å². The number of benzene rings is 1. The predicted molar refractivity (Wildman–Crippen MR) is 107 cm³/mol. The van der Waals surface area contributed by atoms with E-state index in [0.717, 1.165) is 12.0 Å². The van der Waals surface area contributed by atoms with Gasteiger partial charge in [-0.1, -0.05) is 0 Å². The molecule has 0 aliphatic heterocycles. The van der Waals surface area contributed by atoms with Crippen molar-refractivity contribution in [3.8, 4) is 5.75 Å². The number of phenolic OH excluding ortho intramolecular Hbond substituents is 1. The lowest BCUT2D eigenvalue weighted by Gasteiger charge is -2.13. The Kier molecular flexibility index (Phi) is 6.33. The number of nitrogens with zero attached hydrogens (tertiary/aromatic N) is 1. The van der Waals surface area contributed by atoms with Crippen molar-refractivity contribution in [2.24, 2.45) is 5.10 Å². The van der Waals surface area contributed by atoms with Crippen molar-refractivity contribution in [2.45, 2.75) is 39.2 Å². The van der Waals surface area contributed by atoms with Crippen LogP contribution in [0.5, 0.6) is 5.75 Å². The number of rotatable bonds is 6. The molecule has 1 unspecified atom stereocenters. The van der Waals surface area contributed by atoms with Gasteiger partial charge in [0.25, 0.3) is 11.8 Å². The zero-order valence-corrected chi connectivity index (χ0v) is 16.7. The minimum Gasteiger partial charge on any atom is -0.508 e. The van der Waals surface area contributed by atoms with Crippen molar-refractivity contribution in [2.75, 3.05) is 13.7 Å². The van der Waals surface area contributed by atoms with Crippen LogP contribution in [0.25, 0.3) is 0 Å². The third-order valence-electron chi connectivity index (χ3n) is 4.75. The molecule has 8 heteroatoms. The molecule has 0 bridgehead atoms. The van der Waals surface area contributed by atoms with E-state index in [4.69, 9.17) is 9.15 Å². The number of hydrogen-bond donors (Lipinski definition) is 3. The van der Waals surface area contributed by atoms with Crippen LogP contribution in [0.1, 0.15) is 57.6 Å². The first kappa shape index (κ1) is 20.6. The average Bonchev–Trinajstić information content (AvgIpc) is 3.04. The maximum Gasteiger partial charge on any atom is 0.287 e. The lowest BCUT2D eigenvalue weighted by Crippen LogP contribution is -2.35. The maximum absolute atomic E-state index is 12.6. The molecule has 1 aromatic carbocycles. The summed E-state index contributed by atoms with van der Waals surface area (Å²) in [4.78, 5) is 24.9. The van der Waals surface area contributed by atoms with E-state index in [0.29, 0.717) is 42.0 Å². The summed E-state index contributed by atoms with van der Waals surface area (Å²) >= 11 is 0. The summed E-state index contributed by atoms with van der Waals surface area (Å²) in [6, 6.07) is 5.77. The van der Waals surface area contributed by atoms with Crippen molar-refractivity contribution < 1.29 is 23.8 Å². The molecule has 154 valence electrons. The molecule has 2 aromatic rings. The number of hydrazone groups is 1. The molecule has 0 spiro atoms. The number of nitrogens with one attached hydrogen (secondary N) is 2. The maximum atomic E-state index is 12.6. The van der Waals surface area contributed by atoms with Gasteiger partial charge < -0.3 is 19.6 Å². The minimum absolute atomic E-state index is 0.0874. The number of hydrogen-bond acceptors (Lipinski definition) is 6. The molecule has 0 radical (unpaired) electrons. The van der Waals surface area contributed by atoms with Gasteiger partial charge in [-0.05, 0) is 51.0 Å². The number of aromatic hydroxyl groups is 1. The zero-order valence-electron chi connectivity index (χ0n) is 16.7. The second-order valence-corrected chi connectivity index (χ2v) is 7.08. The number of aryl methyl sites for hydroxylation is 1. The van der Waals surface area contributed by atoms with Gasteiger partial charge in [-0.25, -0.2) is 5.43 Å². The van der Waals surface area contributed by atoms with E-state index < -0.39 is 0 Å². The fraction of sp³-hybridized carbons (Fsp3) is 0.381. The molecule has 29 heavy (non-hydrogen) atoms. The second-order valence-electron chi connectivity index (χ2n) is 7.08. The Bertz CT molecular complexity index is 931. The molecule has 1 heterocycles. The first-order chi connectivity index (χ1) is 13.9. The van der Waals surface area contributed by atoms with Crippen LogP contribution in [0, 0.1) is 6.92 Å². The fourth-order valence-electron chi connectivity index (χ4n) is 3.37. The van der Waals surface area contributed by atoms with E-state index in [-0.39, 0.29) is 29.4 Å². The highest BCUT2D eigenvalue weighted by atomic mass is 16.5. The number of phenols is 1. The number of carbonyl (C=O) groups excluding carboxylic acids is 2. The number of fused-ring (bicyclic) bond motifs is 1. The Morgan fingerprint density at radius 3 is 2.66 bits per heavy atom. The monoisotopic (exact) mass is 399 g/mol. The summed E-state index contributed by atoms with van der Waals surface area (Å²) in [5.74, 6) is 0.379. The highest BCUT2D eigenvalue weighted by molar-refractivity contribution is 6.07. The Morgan fingerprint density at radius 2 is 1.97 bits per heavy atom. The Balaban J connectivity index is 1.80. The molecular weight excluding hydrogens is 374 g/mol. The van der Waals surface area contributed by atoms with Gasteiger partial charge in [0.2, 0.25) is 0 Å². The first-order valence-corrected chi connectivity index (χ1v) is 9.49. The second kappa shape index (κ2) is 8.91. The number of methoxy groups -OCH3 is 1. The molecule has 0 saturated heterocycles. The normalized spacial score (nSPS) is 15.6. The number of amides is 2. The molecule has 2 amide bonds. The smallest absolute Gasteiger partial charge is 0.287 e. The summed E-state index contributed by atoms with van der Waals surface area (Å²) < 4.78 is 10.9. The lowest BCUT2D eigenvalue weighted by atomic mass is 9.93. The van der Waals surface area contributed by atoms with Crippen LogP contribution >= 0.6 is 0 Å². The highest BCUT2D eigenvalue weighted by Crippen LogP contribution is 2.30. The molecule has 1 aliphatic rings. The van der Waals surface area contributed by atoms with E-state index in [1.165, 1.54) is 24.3 Å².